The Hall–Kier alpha value is -2.60. The van der Waals surface area contributed by atoms with Crippen LogP contribution in [0.15, 0.2) is 58.5 Å². The smallest absolute Gasteiger partial charge is 0.262 e. The molecule has 2 aromatic carbocycles. The van der Waals surface area contributed by atoms with E-state index in [0.29, 0.717) is 27.4 Å². The van der Waals surface area contributed by atoms with Gasteiger partial charge in [0, 0.05) is 11.6 Å². The van der Waals surface area contributed by atoms with E-state index in [4.69, 9.17) is 9.72 Å². The summed E-state index contributed by atoms with van der Waals surface area (Å²) in [6, 6.07) is 14.4. The van der Waals surface area contributed by atoms with Crippen molar-refractivity contribution in [3.63, 3.8) is 0 Å². The molecule has 0 radical (unpaired) electrons. The molecule has 0 aliphatic carbocycles. The molecule has 0 aliphatic rings. The molecule has 0 unspecified atom stereocenters. The summed E-state index contributed by atoms with van der Waals surface area (Å²) < 4.78 is 6.86. The fourth-order valence-corrected chi connectivity index (χ4v) is 4.07. The topological polar surface area (TPSA) is 61.2 Å². The van der Waals surface area contributed by atoms with Gasteiger partial charge in [0.2, 0.25) is 0 Å². The molecule has 5 nitrogen and oxygen atoms in total. The summed E-state index contributed by atoms with van der Waals surface area (Å²) >= 11 is 1.33. The van der Waals surface area contributed by atoms with Crippen LogP contribution in [0.2, 0.25) is 0 Å². The predicted octanol–water partition coefficient (Wildman–Crippen LogP) is 4.74. The van der Waals surface area contributed by atoms with Crippen LogP contribution in [0.4, 0.5) is 0 Å². The van der Waals surface area contributed by atoms with E-state index in [0.717, 1.165) is 6.42 Å². The number of ketones is 1. The van der Waals surface area contributed by atoms with Crippen molar-refractivity contribution in [2.45, 2.75) is 43.6 Å². The third-order valence-electron chi connectivity index (χ3n) is 4.83. The Balaban J connectivity index is 1.97. The second kappa shape index (κ2) is 8.61. The Kier molecular flexibility index (Phi) is 6.19. The summed E-state index contributed by atoms with van der Waals surface area (Å²) in [5, 5.41) is 0.797. The second-order valence-electron chi connectivity index (χ2n) is 6.70. The van der Waals surface area contributed by atoms with Crippen LogP contribution in [0.3, 0.4) is 0 Å². The van der Waals surface area contributed by atoms with Gasteiger partial charge in [-0.15, -0.1) is 0 Å². The Morgan fingerprint density at radius 1 is 1.14 bits per heavy atom. The standard InChI is InChI=1S/C22H24N2O3S/c1-5-14(2)24-21(26)18-8-6-7-9-19(18)23-22(24)28-15(3)20(25)16-10-12-17(27-4)13-11-16/h6-15H,5H2,1-4H3/t14-,15-/m1/s1. The van der Waals surface area contributed by atoms with Crippen molar-refractivity contribution >= 4 is 28.4 Å². The lowest BCUT2D eigenvalue weighted by Crippen LogP contribution is -2.27. The monoisotopic (exact) mass is 396 g/mol. The average molecular weight is 397 g/mol. The highest BCUT2D eigenvalue weighted by Gasteiger charge is 2.22. The lowest BCUT2D eigenvalue weighted by molar-refractivity contribution is 0.0993. The van der Waals surface area contributed by atoms with Crippen molar-refractivity contribution in [3.05, 3.63) is 64.4 Å². The lowest BCUT2D eigenvalue weighted by Gasteiger charge is -2.20. The van der Waals surface area contributed by atoms with Crippen LogP contribution in [0.25, 0.3) is 10.9 Å². The maximum Gasteiger partial charge on any atom is 0.262 e. The predicted molar refractivity (Wildman–Crippen MR) is 114 cm³/mol. The molecule has 0 amide bonds. The third-order valence-corrected chi connectivity index (χ3v) is 5.90. The highest BCUT2D eigenvalue weighted by atomic mass is 32.2. The van der Waals surface area contributed by atoms with Crippen LogP contribution < -0.4 is 10.3 Å². The van der Waals surface area contributed by atoms with Crippen molar-refractivity contribution < 1.29 is 9.53 Å². The fraction of sp³-hybridized carbons (Fsp3) is 0.318. The number of fused-ring (bicyclic) bond motifs is 1. The number of carbonyl (C=O) groups excluding carboxylic acids is 1. The van der Waals surface area contributed by atoms with Crippen LogP contribution >= 0.6 is 11.8 Å². The number of hydrogen-bond acceptors (Lipinski definition) is 5. The van der Waals surface area contributed by atoms with E-state index in [9.17, 15) is 9.59 Å². The van der Waals surface area contributed by atoms with Crippen molar-refractivity contribution in [2.24, 2.45) is 0 Å². The van der Waals surface area contributed by atoms with Crippen LogP contribution in [0, 0.1) is 0 Å². The number of benzene rings is 2. The molecule has 1 aromatic heterocycles. The van der Waals surface area contributed by atoms with E-state index < -0.39 is 0 Å². The van der Waals surface area contributed by atoms with Crippen LogP contribution in [0.5, 0.6) is 5.75 Å². The van der Waals surface area contributed by atoms with E-state index >= 15 is 0 Å². The fourth-order valence-electron chi connectivity index (χ4n) is 2.98. The Bertz CT molecular complexity index is 1040. The summed E-state index contributed by atoms with van der Waals surface area (Å²) in [5.74, 6) is 0.699. The van der Waals surface area contributed by atoms with E-state index in [2.05, 4.69) is 0 Å². The number of Topliss-reactive ketones (excluding diaryl/α,β-unsaturated/α-hetero) is 1. The van der Waals surface area contributed by atoms with Gasteiger partial charge in [-0.2, -0.15) is 0 Å². The van der Waals surface area contributed by atoms with Gasteiger partial charge in [0.05, 0.1) is 23.3 Å². The van der Waals surface area contributed by atoms with Gasteiger partial charge in [0.15, 0.2) is 10.9 Å². The summed E-state index contributed by atoms with van der Waals surface area (Å²) in [4.78, 5) is 30.6. The van der Waals surface area contributed by atoms with E-state index in [1.54, 1.807) is 42.0 Å². The highest BCUT2D eigenvalue weighted by Crippen LogP contribution is 2.28. The van der Waals surface area contributed by atoms with Gasteiger partial charge in [-0.1, -0.05) is 30.8 Å². The summed E-state index contributed by atoms with van der Waals surface area (Å²) in [6.45, 7) is 5.88. The van der Waals surface area contributed by atoms with Gasteiger partial charge >= 0.3 is 0 Å². The largest absolute Gasteiger partial charge is 0.497 e. The number of para-hydroxylation sites is 1. The first-order chi connectivity index (χ1) is 13.5. The van der Waals surface area contributed by atoms with Crippen LogP contribution in [-0.4, -0.2) is 27.7 Å². The minimum absolute atomic E-state index is 0.00426. The number of methoxy groups -OCH3 is 1. The number of carbonyl (C=O) groups is 1. The number of aromatic nitrogens is 2. The third kappa shape index (κ3) is 3.97. The average Bonchev–Trinajstić information content (AvgIpc) is 2.73. The van der Waals surface area contributed by atoms with Gasteiger partial charge in [-0.25, -0.2) is 4.98 Å². The molecule has 0 N–H and O–H groups in total. The lowest BCUT2D eigenvalue weighted by atomic mass is 10.1. The zero-order valence-electron chi connectivity index (χ0n) is 16.5. The second-order valence-corrected chi connectivity index (χ2v) is 8.00. The van der Waals surface area contributed by atoms with Gasteiger partial charge in [-0.3, -0.25) is 14.2 Å². The first kappa shape index (κ1) is 20.1. The normalized spacial score (nSPS) is 13.3. The first-order valence-corrected chi connectivity index (χ1v) is 10.2. The molecular formula is C22H24N2O3S. The Labute approximate surface area is 168 Å². The molecule has 0 saturated heterocycles. The van der Waals surface area contributed by atoms with E-state index in [1.165, 1.54) is 11.8 Å². The van der Waals surface area contributed by atoms with E-state index in [1.807, 2.05) is 39.0 Å². The van der Waals surface area contributed by atoms with Gasteiger partial charge in [0.1, 0.15) is 5.75 Å². The first-order valence-electron chi connectivity index (χ1n) is 9.32. The molecule has 3 rings (SSSR count). The zero-order valence-corrected chi connectivity index (χ0v) is 17.3. The Morgan fingerprint density at radius 3 is 2.46 bits per heavy atom. The maximum absolute atomic E-state index is 13.1. The van der Waals surface area contributed by atoms with Crippen molar-refractivity contribution in [1.29, 1.82) is 0 Å². The molecule has 0 bridgehead atoms. The SMILES string of the molecule is CC[C@@H](C)n1c(S[C@H](C)C(=O)c2ccc(OC)cc2)nc2ccccc2c1=O. The molecule has 28 heavy (non-hydrogen) atoms. The number of thioether (sulfide) groups is 1. The summed E-state index contributed by atoms with van der Waals surface area (Å²) in [7, 11) is 1.59. The van der Waals surface area contributed by atoms with Crippen molar-refractivity contribution in [2.75, 3.05) is 7.11 Å². The zero-order chi connectivity index (χ0) is 20.3. The molecule has 0 saturated carbocycles. The number of ether oxygens (including phenoxy) is 1. The van der Waals surface area contributed by atoms with Gasteiger partial charge < -0.3 is 4.74 Å². The minimum Gasteiger partial charge on any atom is -0.497 e. The van der Waals surface area contributed by atoms with Crippen LogP contribution in [-0.2, 0) is 0 Å². The molecule has 3 aromatic rings. The Morgan fingerprint density at radius 2 is 1.82 bits per heavy atom. The van der Waals surface area contributed by atoms with Crippen molar-refractivity contribution in [1.82, 2.24) is 9.55 Å². The molecule has 146 valence electrons. The molecule has 0 aliphatic heterocycles. The quantitative estimate of drug-likeness (QED) is 0.328. The maximum atomic E-state index is 13.1. The molecule has 6 heteroatoms. The number of nitrogens with zero attached hydrogens (tertiary/aromatic N) is 2. The van der Waals surface area contributed by atoms with Crippen molar-refractivity contribution in [3.8, 4) is 5.75 Å². The summed E-state index contributed by atoms with van der Waals surface area (Å²) in [5.41, 5.74) is 1.20. The molecular weight excluding hydrogens is 372 g/mol. The number of rotatable bonds is 7. The molecule has 0 fully saturated rings. The van der Waals surface area contributed by atoms with Gasteiger partial charge in [-0.05, 0) is 56.7 Å². The molecule has 1 heterocycles. The van der Waals surface area contributed by atoms with Gasteiger partial charge in [0.25, 0.3) is 5.56 Å². The summed E-state index contributed by atoms with van der Waals surface area (Å²) in [6.07, 6.45) is 0.800. The highest BCUT2D eigenvalue weighted by molar-refractivity contribution is 8.00. The molecule has 0 spiro atoms. The minimum atomic E-state index is -0.378. The molecule has 2 atom stereocenters. The van der Waals surface area contributed by atoms with E-state index in [-0.39, 0.29) is 22.6 Å². The van der Waals surface area contributed by atoms with Crippen LogP contribution in [0.1, 0.15) is 43.6 Å². The number of hydrogen-bond donors (Lipinski definition) is 0.